The monoisotopic (exact) mass is 440 g/mol. The van der Waals surface area contributed by atoms with Crippen LogP contribution in [0, 0.1) is 0 Å². The van der Waals surface area contributed by atoms with E-state index in [1.165, 1.54) is 37.6 Å². The maximum Gasteiger partial charge on any atom is 0.434 e. The maximum atomic E-state index is 13.2. The first-order chi connectivity index (χ1) is 14.2. The molecule has 0 spiro atoms. The molecule has 0 fully saturated rings. The van der Waals surface area contributed by atoms with Gasteiger partial charge in [0.25, 0.3) is 6.47 Å². The van der Waals surface area contributed by atoms with Gasteiger partial charge in [-0.05, 0) is 29.8 Å². The van der Waals surface area contributed by atoms with Crippen molar-refractivity contribution < 1.29 is 22.7 Å². The molecule has 11 heteroatoms. The van der Waals surface area contributed by atoms with Gasteiger partial charge in [-0.2, -0.15) is 13.2 Å². The number of rotatable bonds is 4. The Morgan fingerprint density at radius 3 is 2.50 bits per heavy atom. The van der Waals surface area contributed by atoms with Crippen LogP contribution in [0.15, 0.2) is 47.5 Å². The highest BCUT2D eigenvalue weighted by Crippen LogP contribution is 2.36. The van der Waals surface area contributed by atoms with E-state index >= 15 is 0 Å². The van der Waals surface area contributed by atoms with Crippen LogP contribution in [0.3, 0.4) is 0 Å². The Morgan fingerprint density at radius 2 is 1.90 bits per heavy atom. The number of hydrogen-bond donors (Lipinski definition) is 2. The van der Waals surface area contributed by atoms with Crippen LogP contribution >= 0.6 is 11.6 Å². The smallest absolute Gasteiger partial charge is 0.434 e. The lowest BCUT2D eigenvalue weighted by molar-refractivity contribution is -0.140. The van der Waals surface area contributed by atoms with Crippen molar-refractivity contribution >= 4 is 23.9 Å². The summed E-state index contributed by atoms with van der Waals surface area (Å²) >= 11 is 6.15. The maximum absolute atomic E-state index is 13.2. The first kappa shape index (κ1) is 22.9. The third-order valence-corrected chi connectivity index (χ3v) is 4.03. The minimum absolute atomic E-state index is 0.00758. The molecule has 7 nitrogen and oxygen atoms in total. The third kappa shape index (κ3) is 5.57. The van der Waals surface area contributed by atoms with Crippen molar-refractivity contribution in [2.45, 2.75) is 6.18 Å². The van der Waals surface area contributed by atoms with Gasteiger partial charge in [-0.15, -0.1) is 0 Å². The van der Waals surface area contributed by atoms with Gasteiger partial charge in [0.1, 0.15) is 5.82 Å². The molecule has 0 aromatic carbocycles. The van der Waals surface area contributed by atoms with Crippen molar-refractivity contribution in [2.24, 2.45) is 0 Å². The fraction of sp³-hybridized carbons (Fsp3) is 0.158. The summed E-state index contributed by atoms with van der Waals surface area (Å²) in [7, 11) is 2.97. The van der Waals surface area contributed by atoms with Gasteiger partial charge in [0.05, 0.1) is 17.8 Å². The van der Waals surface area contributed by atoms with E-state index in [2.05, 4.69) is 25.0 Å². The van der Waals surface area contributed by atoms with Crippen LogP contribution < -0.4 is 10.9 Å². The Labute approximate surface area is 173 Å². The number of carbonyl (C=O) groups is 1. The van der Waals surface area contributed by atoms with Crippen LogP contribution in [-0.2, 0) is 15.7 Å². The van der Waals surface area contributed by atoms with E-state index in [9.17, 15) is 18.0 Å². The average Bonchev–Trinajstić information content (AvgIpc) is 2.73. The van der Waals surface area contributed by atoms with E-state index in [4.69, 9.17) is 16.4 Å². The van der Waals surface area contributed by atoms with Crippen LogP contribution in [0.25, 0.3) is 22.4 Å². The average molecular weight is 441 g/mol. The van der Waals surface area contributed by atoms with Crippen LogP contribution in [0.5, 0.6) is 0 Å². The summed E-state index contributed by atoms with van der Waals surface area (Å²) in [4.78, 5) is 30.9. The van der Waals surface area contributed by atoms with Crippen LogP contribution in [0.4, 0.5) is 19.0 Å². The predicted octanol–water partition coefficient (Wildman–Crippen LogP) is 4.00. The second-order valence-corrected chi connectivity index (χ2v) is 6.08. The normalized spacial score (nSPS) is 10.6. The van der Waals surface area contributed by atoms with E-state index in [0.29, 0.717) is 23.4 Å². The van der Waals surface area contributed by atoms with Gasteiger partial charge < -0.3 is 15.0 Å². The van der Waals surface area contributed by atoms with Crippen molar-refractivity contribution in [2.75, 3.05) is 19.5 Å². The topological polar surface area (TPSA) is 97.0 Å². The first-order valence-electron chi connectivity index (χ1n) is 8.28. The second kappa shape index (κ2) is 9.88. The molecule has 2 N–H and O–H groups in total. The standard InChI is InChI=1S/C17H12ClF3N4O.C2H4O2/c1-22-14-7-11(12(18)8-24-14)9-5-13(25-15(26)6-9)10-3-2-4-23-16(10)17(19,20)21;1-4-2-3/h2-8H,1H3,(H,22,24)(H,25,26);2H,1H3. The highest BCUT2D eigenvalue weighted by molar-refractivity contribution is 6.33. The van der Waals surface area contributed by atoms with Crippen molar-refractivity contribution in [1.82, 2.24) is 15.0 Å². The van der Waals surface area contributed by atoms with Gasteiger partial charge in [0, 0.05) is 36.6 Å². The van der Waals surface area contributed by atoms with E-state index in [0.717, 1.165) is 6.20 Å². The molecule has 0 amide bonds. The molecular weight excluding hydrogens is 425 g/mol. The van der Waals surface area contributed by atoms with Crippen molar-refractivity contribution in [3.63, 3.8) is 0 Å². The Kier molecular flexibility index (Phi) is 7.54. The molecule has 0 bridgehead atoms. The highest BCUT2D eigenvalue weighted by atomic mass is 35.5. The Balaban J connectivity index is 0.000000735. The number of alkyl halides is 3. The Morgan fingerprint density at radius 1 is 1.20 bits per heavy atom. The SMILES string of the molecule is CNc1cc(-c2cc(-c3cccnc3C(F)(F)F)[nH]c(=O)c2)c(Cl)cn1.COC=O. The fourth-order valence-electron chi connectivity index (χ4n) is 2.49. The zero-order valence-corrected chi connectivity index (χ0v) is 16.5. The first-order valence-corrected chi connectivity index (χ1v) is 8.66. The minimum Gasteiger partial charge on any atom is -0.471 e. The molecular formula is C19H16ClF3N4O3. The van der Waals surface area contributed by atoms with Gasteiger partial charge in [-0.25, -0.2) is 4.98 Å². The molecule has 0 aliphatic rings. The number of aromatic nitrogens is 3. The zero-order chi connectivity index (χ0) is 22.3. The summed E-state index contributed by atoms with van der Waals surface area (Å²) in [6, 6.07) is 6.91. The number of carbonyl (C=O) groups excluding carboxylic acids is 1. The summed E-state index contributed by atoms with van der Waals surface area (Å²) < 4.78 is 43.5. The molecule has 30 heavy (non-hydrogen) atoms. The molecule has 0 unspecified atom stereocenters. The summed E-state index contributed by atoms with van der Waals surface area (Å²) in [5.74, 6) is 0.503. The number of aromatic amines is 1. The van der Waals surface area contributed by atoms with Gasteiger partial charge >= 0.3 is 6.18 Å². The van der Waals surface area contributed by atoms with Crippen LogP contribution in [0.2, 0.25) is 5.02 Å². The number of anilines is 1. The molecule has 3 aromatic rings. The van der Waals surface area contributed by atoms with E-state index in [1.54, 1.807) is 13.1 Å². The molecule has 0 aliphatic carbocycles. The number of pyridine rings is 3. The van der Waals surface area contributed by atoms with Gasteiger partial charge in [-0.3, -0.25) is 14.6 Å². The lowest BCUT2D eigenvalue weighted by Crippen LogP contribution is -2.12. The number of methoxy groups -OCH3 is 1. The lowest BCUT2D eigenvalue weighted by Gasteiger charge is -2.13. The Bertz CT molecular complexity index is 1090. The van der Waals surface area contributed by atoms with Crippen molar-refractivity contribution in [1.29, 1.82) is 0 Å². The van der Waals surface area contributed by atoms with Crippen LogP contribution in [0.1, 0.15) is 5.69 Å². The van der Waals surface area contributed by atoms with E-state index in [-0.39, 0.29) is 16.3 Å². The van der Waals surface area contributed by atoms with Gasteiger partial charge in [0.2, 0.25) is 5.56 Å². The molecule has 0 aliphatic heterocycles. The largest absolute Gasteiger partial charge is 0.471 e. The molecule has 0 saturated heterocycles. The number of ether oxygens (including phenoxy) is 1. The fourth-order valence-corrected chi connectivity index (χ4v) is 2.70. The molecule has 0 atom stereocenters. The summed E-state index contributed by atoms with van der Waals surface area (Å²) in [5, 5.41) is 3.11. The lowest BCUT2D eigenvalue weighted by atomic mass is 10.0. The molecule has 3 rings (SSSR count). The molecule has 3 aromatic heterocycles. The van der Waals surface area contributed by atoms with Gasteiger partial charge in [-0.1, -0.05) is 11.6 Å². The van der Waals surface area contributed by atoms with Gasteiger partial charge in [0.15, 0.2) is 5.69 Å². The molecule has 0 saturated carbocycles. The highest BCUT2D eigenvalue weighted by Gasteiger charge is 2.35. The summed E-state index contributed by atoms with van der Waals surface area (Å²) in [6.45, 7) is 0.375. The third-order valence-electron chi connectivity index (χ3n) is 3.73. The van der Waals surface area contributed by atoms with Crippen molar-refractivity contribution in [3.8, 4) is 22.4 Å². The quantitative estimate of drug-likeness (QED) is 0.595. The molecule has 3 heterocycles. The summed E-state index contributed by atoms with van der Waals surface area (Å²) in [6.07, 6.45) is -2.21. The number of halogens is 4. The number of hydrogen-bond acceptors (Lipinski definition) is 6. The zero-order valence-electron chi connectivity index (χ0n) is 15.7. The molecule has 0 radical (unpaired) electrons. The summed E-state index contributed by atoms with van der Waals surface area (Å²) in [5.41, 5.74) is -1.04. The van der Waals surface area contributed by atoms with Crippen molar-refractivity contribution in [3.05, 3.63) is 63.8 Å². The number of nitrogens with zero attached hydrogens (tertiary/aromatic N) is 2. The van der Waals surface area contributed by atoms with E-state index in [1.807, 2.05) is 0 Å². The molecule has 158 valence electrons. The Hall–Kier alpha value is -3.40. The van der Waals surface area contributed by atoms with E-state index < -0.39 is 17.4 Å². The van der Waals surface area contributed by atoms with Crippen LogP contribution in [-0.4, -0.2) is 35.6 Å². The minimum atomic E-state index is -4.66. The second-order valence-electron chi connectivity index (χ2n) is 5.68. The number of nitrogens with one attached hydrogen (secondary N) is 2. The predicted molar refractivity (Wildman–Crippen MR) is 106 cm³/mol. The number of H-pyrrole nitrogens is 1.